The molecule has 2 heterocycles. The van der Waals surface area contributed by atoms with Crippen molar-refractivity contribution in [3.63, 3.8) is 0 Å². The van der Waals surface area contributed by atoms with E-state index >= 15 is 0 Å². The van der Waals surface area contributed by atoms with Gasteiger partial charge in [0, 0.05) is 17.9 Å². The summed E-state index contributed by atoms with van der Waals surface area (Å²) in [5.41, 5.74) is 0.195. The standard InChI is InChI=1S/C12H22N2OS/c1-9(10-5-4-7-15-10)13-11-14-12(2,3)6-8-16-11/h9-10H,4-8H2,1-3H3,(H,13,14). The van der Waals surface area contributed by atoms with Gasteiger partial charge < -0.3 is 10.1 Å². The molecule has 16 heavy (non-hydrogen) atoms. The summed E-state index contributed by atoms with van der Waals surface area (Å²) < 4.78 is 5.66. The van der Waals surface area contributed by atoms with E-state index in [9.17, 15) is 0 Å². The third kappa shape index (κ3) is 3.14. The Morgan fingerprint density at radius 2 is 2.38 bits per heavy atom. The summed E-state index contributed by atoms with van der Waals surface area (Å²) in [7, 11) is 0. The summed E-state index contributed by atoms with van der Waals surface area (Å²) in [4.78, 5) is 4.76. The van der Waals surface area contributed by atoms with Crippen LogP contribution in [0.1, 0.15) is 40.0 Å². The monoisotopic (exact) mass is 242 g/mol. The Labute approximate surface area is 102 Å². The van der Waals surface area contributed by atoms with Gasteiger partial charge in [-0.2, -0.15) is 0 Å². The number of hydrogen-bond donors (Lipinski definition) is 1. The highest BCUT2D eigenvalue weighted by atomic mass is 32.2. The summed E-state index contributed by atoms with van der Waals surface area (Å²) >= 11 is 1.84. The fourth-order valence-electron chi connectivity index (χ4n) is 2.11. The van der Waals surface area contributed by atoms with E-state index in [4.69, 9.17) is 9.73 Å². The lowest BCUT2D eigenvalue weighted by atomic mass is 10.0. The van der Waals surface area contributed by atoms with Crippen molar-refractivity contribution in [2.45, 2.75) is 57.7 Å². The summed E-state index contributed by atoms with van der Waals surface area (Å²) in [6.07, 6.45) is 3.88. The Kier molecular flexibility index (Phi) is 3.80. The van der Waals surface area contributed by atoms with Crippen molar-refractivity contribution < 1.29 is 4.74 Å². The van der Waals surface area contributed by atoms with Gasteiger partial charge in [0.15, 0.2) is 5.17 Å². The highest BCUT2D eigenvalue weighted by Gasteiger charge is 2.27. The predicted molar refractivity (Wildman–Crippen MR) is 70.2 cm³/mol. The SMILES string of the molecule is CC(N=C1NC(C)(C)CCS1)C1CCCO1. The molecule has 2 aliphatic rings. The Bertz CT molecular complexity index is 272. The van der Waals surface area contributed by atoms with Gasteiger partial charge >= 0.3 is 0 Å². The minimum absolute atomic E-state index is 0.195. The number of aliphatic imine (C=N–C) groups is 1. The lowest BCUT2D eigenvalue weighted by Crippen LogP contribution is -2.46. The van der Waals surface area contributed by atoms with Crippen LogP contribution >= 0.6 is 11.8 Å². The molecule has 0 saturated carbocycles. The molecule has 0 aromatic heterocycles. The molecule has 0 spiro atoms. The first kappa shape index (κ1) is 12.2. The Morgan fingerprint density at radius 1 is 1.56 bits per heavy atom. The van der Waals surface area contributed by atoms with E-state index < -0.39 is 0 Å². The fourth-order valence-corrected chi connectivity index (χ4v) is 3.51. The number of ether oxygens (including phenoxy) is 1. The van der Waals surface area contributed by atoms with E-state index in [1.54, 1.807) is 0 Å². The Morgan fingerprint density at radius 3 is 3.00 bits per heavy atom. The van der Waals surface area contributed by atoms with Crippen LogP contribution in [-0.2, 0) is 4.74 Å². The second-order valence-electron chi connectivity index (χ2n) is 5.33. The largest absolute Gasteiger partial charge is 0.376 e. The van der Waals surface area contributed by atoms with E-state index in [1.165, 1.54) is 12.8 Å². The van der Waals surface area contributed by atoms with Gasteiger partial charge in [-0.3, -0.25) is 4.99 Å². The quantitative estimate of drug-likeness (QED) is 0.807. The maximum atomic E-state index is 5.66. The average Bonchev–Trinajstić information content (AvgIpc) is 2.68. The number of hydrogen-bond acceptors (Lipinski definition) is 3. The molecule has 92 valence electrons. The van der Waals surface area contributed by atoms with Crippen molar-refractivity contribution in [3.8, 4) is 0 Å². The highest BCUT2D eigenvalue weighted by Crippen LogP contribution is 2.24. The van der Waals surface area contributed by atoms with Crippen LogP contribution < -0.4 is 5.32 Å². The van der Waals surface area contributed by atoms with Crippen molar-refractivity contribution >= 4 is 16.9 Å². The van der Waals surface area contributed by atoms with Gasteiger partial charge in [0.25, 0.3) is 0 Å². The van der Waals surface area contributed by atoms with Crippen molar-refractivity contribution in [2.24, 2.45) is 4.99 Å². The van der Waals surface area contributed by atoms with Crippen LogP contribution in [0.5, 0.6) is 0 Å². The molecule has 2 saturated heterocycles. The first-order valence-electron chi connectivity index (χ1n) is 6.17. The second-order valence-corrected chi connectivity index (χ2v) is 6.42. The molecule has 2 rings (SSSR count). The summed E-state index contributed by atoms with van der Waals surface area (Å²) in [6.45, 7) is 7.54. The molecule has 2 unspecified atom stereocenters. The highest BCUT2D eigenvalue weighted by molar-refractivity contribution is 8.13. The molecule has 2 atom stereocenters. The van der Waals surface area contributed by atoms with E-state index in [1.807, 2.05) is 11.8 Å². The molecule has 0 radical (unpaired) electrons. The molecule has 0 bridgehead atoms. The molecule has 0 aromatic rings. The minimum Gasteiger partial charge on any atom is -0.376 e. The number of thioether (sulfide) groups is 1. The molecule has 1 N–H and O–H groups in total. The smallest absolute Gasteiger partial charge is 0.157 e. The normalized spacial score (nSPS) is 33.7. The van der Waals surface area contributed by atoms with Gasteiger partial charge in [0.1, 0.15) is 0 Å². The maximum Gasteiger partial charge on any atom is 0.157 e. The minimum atomic E-state index is 0.195. The van der Waals surface area contributed by atoms with Crippen LogP contribution in [-0.4, -0.2) is 35.2 Å². The van der Waals surface area contributed by atoms with Crippen molar-refractivity contribution in [2.75, 3.05) is 12.4 Å². The van der Waals surface area contributed by atoms with Gasteiger partial charge in [0.2, 0.25) is 0 Å². The number of rotatable bonds is 2. The van der Waals surface area contributed by atoms with Crippen molar-refractivity contribution in [1.29, 1.82) is 0 Å². The first-order chi connectivity index (χ1) is 7.57. The predicted octanol–water partition coefficient (Wildman–Crippen LogP) is 2.42. The van der Waals surface area contributed by atoms with Crippen LogP contribution in [0, 0.1) is 0 Å². The molecule has 2 fully saturated rings. The average molecular weight is 242 g/mol. The third-order valence-corrected chi connectivity index (χ3v) is 4.12. The topological polar surface area (TPSA) is 33.6 Å². The Balaban J connectivity index is 1.94. The summed E-state index contributed by atoms with van der Waals surface area (Å²) in [6, 6.07) is 0.284. The fraction of sp³-hybridized carbons (Fsp3) is 0.917. The number of amidine groups is 1. The molecular weight excluding hydrogens is 220 g/mol. The summed E-state index contributed by atoms with van der Waals surface area (Å²) in [5.74, 6) is 1.16. The third-order valence-electron chi connectivity index (χ3n) is 3.24. The van der Waals surface area contributed by atoms with Crippen LogP contribution in [0.3, 0.4) is 0 Å². The van der Waals surface area contributed by atoms with Gasteiger partial charge in [0.05, 0.1) is 12.1 Å². The maximum absolute atomic E-state index is 5.66. The van der Waals surface area contributed by atoms with Crippen LogP contribution in [0.2, 0.25) is 0 Å². The van der Waals surface area contributed by atoms with E-state index in [-0.39, 0.29) is 11.6 Å². The van der Waals surface area contributed by atoms with Gasteiger partial charge in [-0.25, -0.2) is 0 Å². The summed E-state index contributed by atoms with van der Waals surface area (Å²) in [5, 5.41) is 4.60. The van der Waals surface area contributed by atoms with Gasteiger partial charge in [-0.1, -0.05) is 11.8 Å². The molecule has 2 aliphatic heterocycles. The number of nitrogens with zero attached hydrogens (tertiary/aromatic N) is 1. The molecule has 4 heteroatoms. The lowest BCUT2D eigenvalue weighted by Gasteiger charge is -2.33. The van der Waals surface area contributed by atoms with Crippen molar-refractivity contribution in [1.82, 2.24) is 5.32 Å². The van der Waals surface area contributed by atoms with Crippen molar-refractivity contribution in [3.05, 3.63) is 0 Å². The van der Waals surface area contributed by atoms with E-state index in [0.717, 1.165) is 23.9 Å². The lowest BCUT2D eigenvalue weighted by molar-refractivity contribution is 0.0952. The van der Waals surface area contributed by atoms with E-state index in [0.29, 0.717) is 6.10 Å². The van der Waals surface area contributed by atoms with Crippen LogP contribution in [0.4, 0.5) is 0 Å². The molecule has 0 aliphatic carbocycles. The Hall–Kier alpha value is -0.220. The zero-order valence-corrected chi connectivity index (χ0v) is 11.3. The van der Waals surface area contributed by atoms with Crippen LogP contribution in [0.25, 0.3) is 0 Å². The van der Waals surface area contributed by atoms with E-state index in [2.05, 4.69) is 26.1 Å². The zero-order valence-electron chi connectivity index (χ0n) is 10.5. The van der Waals surface area contributed by atoms with Crippen LogP contribution in [0.15, 0.2) is 4.99 Å². The molecule has 0 aromatic carbocycles. The van der Waals surface area contributed by atoms with Gasteiger partial charge in [-0.15, -0.1) is 0 Å². The molecular formula is C12H22N2OS. The second kappa shape index (κ2) is 4.96. The molecule has 0 amide bonds. The number of nitrogens with one attached hydrogen (secondary N) is 1. The zero-order chi connectivity index (χ0) is 11.6. The molecule has 3 nitrogen and oxygen atoms in total. The van der Waals surface area contributed by atoms with Gasteiger partial charge in [-0.05, 0) is 40.0 Å². The first-order valence-corrected chi connectivity index (χ1v) is 7.16.